The Labute approximate surface area is 101 Å². The summed E-state index contributed by atoms with van der Waals surface area (Å²) in [6.45, 7) is 0.971. The zero-order valence-corrected chi connectivity index (χ0v) is 9.84. The third-order valence-electron chi connectivity index (χ3n) is 0.781. The standard InChI is InChI=1S/C4H7NO3.C2H3Cl3O2/c1-3(6)5-2-4(7)8;3-2(4,5)1(6)7/h2H2,1H3,(H,5,6)(H,7,8);1,6-7H. The number of aliphatic hydroxyl groups is 2. The summed E-state index contributed by atoms with van der Waals surface area (Å²) in [6, 6.07) is 0. The van der Waals surface area contributed by atoms with Gasteiger partial charge in [-0.05, 0) is 0 Å². The van der Waals surface area contributed by atoms with Gasteiger partial charge in [-0.3, -0.25) is 9.59 Å². The number of aliphatic hydroxyl groups excluding tert-OH is 1. The lowest BCUT2D eigenvalue weighted by molar-refractivity contribution is -0.137. The molecule has 0 aromatic carbocycles. The number of nitrogens with one attached hydrogen (secondary N) is 1. The van der Waals surface area contributed by atoms with Gasteiger partial charge in [0.05, 0.1) is 0 Å². The molecule has 0 saturated heterocycles. The molecule has 9 heteroatoms. The maximum Gasteiger partial charge on any atom is 0.322 e. The maximum atomic E-state index is 9.97. The SMILES string of the molecule is CC(=O)NCC(=O)O.OC(O)C(Cl)(Cl)Cl. The molecule has 0 rings (SSSR count). The molecule has 0 unspecified atom stereocenters. The van der Waals surface area contributed by atoms with Crippen LogP contribution in [-0.2, 0) is 9.59 Å². The second-order valence-electron chi connectivity index (χ2n) is 2.22. The van der Waals surface area contributed by atoms with E-state index < -0.39 is 16.1 Å². The van der Waals surface area contributed by atoms with Gasteiger partial charge in [0, 0.05) is 6.92 Å². The Bertz CT molecular complexity index is 201. The smallest absolute Gasteiger partial charge is 0.322 e. The van der Waals surface area contributed by atoms with E-state index >= 15 is 0 Å². The molecule has 0 saturated carbocycles. The van der Waals surface area contributed by atoms with Crippen LogP contribution in [0, 0.1) is 0 Å². The fourth-order valence-electron chi connectivity index (χ4n) is 0.200. The average Bonchev–Trinajstić information content (AvgIpc) is 2.00. The molecule has 90 valence electrons. The second-order valence-corrected chi connectivity index (χ2v) is 4.59. The number of hydrogen-bond acceptors (Lipinski definition) is 4. The van der Waals surface area contributed by atoms with Crippen LogP contribution in [-0.4, -0.2) is 43.8 Å². The first kappa shape index (κ1) is 17.1. The van der Waals surface area contributed by atoms with Gasteiger partial charge in [-0.15, -0.1) is 0 Å². The monoisotopic (exact) mass is 281 g/mol. The first-order chi connectivity index (χ1) is 6.57. The number of carboxylic acids is 1. The summed E-state index contributed by atoms with van der Waals surface area (Å²) < 4.78 is -1.97. The number of carboxylic acid groups (broad SMARTS) is 1. The number of hydrogen-bond donors (Lipinski definition) is 4. The Morgan fingerprint density at radius 3 is 1.73 bits per heavy atom. The van der Waals surface area contributed by atoms with Crippen molar-refractivity contribution in [1.82, 2.24) is 5.32 Å². The molecule has 0 aliphatic heterocycles. The zero-order chi connectivity index (χ0) is 12.6. The third kappa shape index (κ3) is 16.4. The Morgan fingerprint density at radius 2 is 1.67 bits per heavy atom. The lowest BCUT2D eigenvalue weighted by atomic mass is 10.6. The van der Waals surface area contributed by atoms with Crippen LogP contribution < -0.4 is 5.32 Å². The normalized spacial score (nSPS) is 10.3. The average molecular weight is 283 g/mol. The molecule has 0 aromatic rings. The lowest BCUT2D eigenvalue weighted by Gasteiger charge is -2.10. The Hall–Kier alpha value is -0.270. The van der Waals surface area contributed by atoms with E-state index in [2.05, 4.69) is 5.32 Å². The van der Waals surface area contributed by atoms with Crippen molar-refractivity contribution in [2.24, 2.45) is 0 Å². The van der Waals surface area contributed by atoms with Crippen LogP contribution in [0.3, 0.4) is 0 Å². The number of carbonyl (C=O) groups is 2. The van der Waals surface area contributed by atoms with Gasteiger partial charge in [0.1, 0.15) is 6.54 Å². The van der Waals surface area contributed by atoms with Crippen LogP contribution in [0.5, 0.6) is 0 Å². The van der Waals surface area contributed by atoms with Crippen molar-refractivity contribution in [1.29, 1.82) is 0 Å². The van der Waals surface area contributed by atoms with Gasteiger partial charge in [0.25, 0.3) is 0 Å². The Balaban J connectivity index is 0. The van der Waals surface area contributed by atoms with Crippen LogP contribution in [0.25, 0.3) is 0 Å². The van der Waals surface area contributed by atoms with E-state index in [0.717, 1.165) is 0 Å². The molecule has 0 aromatic heterocycles. The van der Waals surface area contributed by atoms with Crippen molar-refractivity contribution >= 4 is 46.7 Å². The maximum absolute atomic E-state index is 9.97. The molecule has 0 aliphatic carbocycles. The Morgan fingerprint density at radius 1 is 1.33 bits per heavy atom. The summed E-state index contributed by atoms with van der Waals surface area (Å²) in [7, 11) is 0. The highest BCUT2D eigenvalue weighted by atomic mass is 35.6. The number of rotatable bonds is 2. The molecule has 0 atom stereocenters. The van der Waals surface area contributed by atoms with Gasteiger partial charge >= 0.3 is 5.97 Å². The molecule has 15 heavy (non-hydrogen) atoms. The molecule has 0 heterocycles. The first-order valence-electron chi connectivity index (χ1n) is 3.46. The van der Waals surface area contributed by atoms with E-state index in [9.17, 15) is 9.59 Å². The lowest BCUT2D eigenvalue weighted by Crippen LogP contribution is -2.26. The van der Waals surface area contributed by atoms with Gasteiger partial charge in [-0.25, -0.2) is 0 Å². The van der Waals surface area contributed by atoms with Crippen molar-refractivity contribution in [3.8, 4) is 0 Å². The van der Waals surface area contributed by atoms with Gasteiger partial charge in [0.2, 0.25) is 9.70 Å². The van der Waals surface area contributed by atoms with Gasteiger partial charge in [0.15, 0.2) is 6.29 Å². The first-order valence-corrected chi connectivity index (χ1v) is 4.59. The predicted molar refractivity (Wildman–Crippen MR) is 54.8 cm³/mol. The predicted octanol–water partition coefficient (Wildman–Crippen LogP) is -0.126. The number of halogens is 3. The summed E-state index contributed by atoms with van der Waals surface area (Å²) in [5.41, 5.74) is 0. The van der Waals surface area contributed by atoms with Crippen LogP contribution in [0.2, 0.25) is 0 Å². The molecular weight excluding hydrogens is 272 g/mol. The van der Waals surface area contributed by atoms with Crippen molar-refractivity contribution < 1.29 is 24.9 Å². The summed E-state index contributed by atoms with van der Waals surface area (Å²) in [5.74, 6) is -1.35. The minimum Gasteiger partial charge on any atom is -0.480 e. The molecule has 1 amide bonds. The molecule has 0 spiro atoms. The fourth-order valence-corrected chi connectivity index (χ4v) is 0.200. The minimum atomic E-state index is -1.97. The number of carbonyl (C=O) groups excluding carboxylic acids is 1. The summed E-state index contributed by atoms with van der Waals surface area (Å²) in [6.07, 6.45) is -1.91. The molecular formula is C6H10Cl3NO5. The summed E-state index contributed by atoms with van der Waals surface area (Å²) in [4.78, 5) is 19.7. The van der Waals surface area contributed by atoms with Gasteiger partial charge in [-0.2, -0.15) is 0 Å². The van der Waals surface area contributed by atoms with Crippen molar-refractivity contribution in [3.05, 3.63) is 0 Å². The third-order valence-corrected chi connectivity index (χ3v) is 1.37. The zero-order valence-electron chi connectivity index (χ0n) is 7.58. The van der Waals surface area contributed by atoms with E-state index in [-0.39, 0.29) is 12.5 Å². The molecule has 0 bridgehead atoms. The Kier molecular flexibility index (Phi) is 9.08. The number of aliphatic carboxylic acids is 1. The van der Waals surface area contributed by atoms with Crippen LogP contribution in [0.15, 0.2) is 0 Å². The van der Waals surface area contributed by atoms with Gasteiger partial charge in [-0.1, -0.05) is 34.8 Å². The highest BCUT2D eigenvalue weighted by Gasteiger charge is 2.28. The van der Waals surface area contributed by atoms with Crippen molar-refractivity contribution in [3.63, 3.8) is 0 Å². The summed E-state index contributed by atoms with van der Waals surface area (Å²) in [5, 5.41) is 26.2. The van der Waals surface area contributed by atoms with E-state index in [4.69, 9.17) is 50.1 Å². The number of alkyl halides is 3. The minimum absolute atomic E-state index is 0.296. The fraction of sp³-hybridized carbons (Fsp3) is 0.667. The highest BCUT2D eigenvalue weighted by Crippen LogP contribution is 2.28. The second kappa shape index (κ2) is 7.95. The quantitative estimate of drug-likeness (QED) is 0.417. The highest BCUT2D eigenvalue weighted by molar-refractivity contribution is 6.67. The molecule has 0 aliphatic rings. The van der Waals surface area contributed by atoms with E-state index in [0.29, 0.717) is 0 Å². The number of amides is 1. The molecule has 0 radical (unpaired) electrons. The molecule has 4 N–H and O–H groups in total. The van der Waals surface area contributed by atoms with E-state index in [1.807, 2.05) is 0 Å². The van der Waals surface area contributed by atoms with E-state index in [1.54, 1.807) is 0 Å². The van der Waals surface area contributed by atoms with Crippen LogP contribution >= 0.6 is 34.8 Å². The van der Waals surface area contributed by atoms with E-state index in [1.165, 1.54) is 6.92 Å². The van der Waals surface area contributed by atoms with Crippen LogP contribution in [0.4, 0.5) is 0 Å². The largest absolute Gasteiger partial charge is 0.480 e. The summed E-state index contributed by atoms with van der Waals surface area (Å²) >= 11 is 14.7. The van der Waals surface area contributed by atoms with Crippen molar-refractivity contribution in [2.45, 2.75) is 17.0 Å². The molecule has 0 fully saturated rings. The van der Waals surface area contributed by atoms with Gasteiger partial charge < -0.3 is 20.6 Å². The van der Waals surface area contributed by atoms with Crippen molar-refractivity contribution in [2.75, 3.05) is 6.54 Å². The van der Waals surface area contributed by atoms with Crippen LogP contribution in [0.1, 0.15) is 6.92 Å². The molecule has 6 nitrogen and oxygen atoms in total. The topological polar surface area (TPSA) is 107 Å².